The van der Waals surface area contributed by atoms with E-state index in [4.69, 9.17) is 9.15 Å². The first kappa shape index (κ1) is 11.3. The van der Waals surface area contributed by atoms with Crippen molar-refractivity contribution in [3.8, 4) is 0 Å². The third-order valence-electron chi connectivity index (χ3n) is 2.33. The topological polar surface area (TPSA) is 42.6 Å². The molecule has 2 atom stereocenters. The number of methoxy groups -OCH3 is 1. The normalized spacial score (nSPS) is 15.4. The molecule has 80 valence electrons. The zero-order valence-electron chi connectivity index (χ0n) is 8.77. The maximum Gasteiger partial charge on any atom is 0.106 e. The van der Waals surface area contributed by atoms with Crippen LogP contribution in [0.5, 0.6) is 0 Å². The molecule has 0 aliphatic rings. The first-order valence-corrected chi connectivity index (χ1v) is 4.95. The van der Waals surface area contributed by atoms with Crippen LogP contribution < -0.4 is 0 Å². The molecule has 0 aliphatic carbocycles. The lowest BCUT2D eigenvalue weighted by molar-refractivity contribution is 0.0836. The molecule has 1 heterocycles. The summed E-state index contributed by atoms with van der Waals surface area (Å²) in [7, 11) is 1.68. The van der Waals surface area contributed by atoms with Gasteiger partial charge in [-0.15, -0.1) is 0 Å². The first-order chi connectivity index (χ1) is 6.72. The number of rotatable bonds is 6. The Balaban J connectivity index is 2.19. The third-order valence-corrected chi connectivity index (χ3v) is 2.33. The SMILES string of the molecule is COC(C)CCC(O)Cc1ccco1. The Bertz CT molecular complexity index is 231. The number of furan rings is 1. The van der Waals surface area contributed by atoms with Gasteiger partial charge in [-0.3, -0.25) is 0 Å². The van der Waals surface area contributed by atoms with Crippen molar-refractivity contribution in [3.05, 3.63) is 24.2 Å². The fourth-order valence-corrected chi connectivity index (χ4v) is 1.31. The molecular weight excluding hydrogens is 180 g/mol. The Labute approximate surface area is 84.7 Å². The number of hydrogen-bond donors (Lipinski definition) is 1. The van der Waals surface area contributed by atoms with Crippen LogP contribution in [0.1, 0.15) is 25.5 Å². The van der Waals surface area contributed by atoms with Crippen LogP contribution in [-0.2, 0) is 11.2 Å². The van der Waals surface area contributed by atoms with Gasteiger partial charge in [0, 0.05) is 13.5 Å². The van der Waals surface area contributed by atoms with Gasteiger partial charge in [-0.05, 0) is 31.9 Å². The van der Waals surface area contributed by atoms with Crippen molar-refractivity contribution in [1.82, 2.24) is 0 Å². The fraction of sp³-hybridized carbons (Fsp3) is 0.636. The summed E-state index contributed by atoms with van der Waals surface area (Å²) in [5, 5.41) is 9.65. The Kier molecular flexibility index (Phi) is 4.70. The highest BCUT2D eigenvalue weighted by Gasteiger charge is 2.09. The molecule has 0 saturated heterocycles. The van der Waals surface area contributed by atoms with E-state index < -0.39 is 0 Å². The van der Waals surface area contributed by atoms with Crippen LogP contribution in [0.4, 0.5) is 0 Å². The Morgan fingerprint density at radius 2 is 2.29 bits per heavy atom. The van der Waals surface area contributed by atoms with Crippen molar-refractivity contribution < 1.29 is 14.3 Å². The van der Waals surface area contributed by atoms with Crippen LogP contribution in [-0.4, -0.2) is 24.4 Å². The monoisotopic (exact) mass is 198 g/mol. The van der Waals surface area contributed by atoms with E-state index >= 15 is 0 Å². The second-order valence-corrected chi connectivity index (χ2v) is 3.56. The molecule has 1 rings (SSSR count). The fourth-order valence-electron chi connectivity index (χ4n) is 1.31. The van der Waals surface area contributed by atoms with Gasteiger partial charge in [-0.2, -0.15) is 0 Å². The summed E-state index contributed by atoms with van der Waals surface area (Å²) < 4.78 is 10.2. The minimum absolute atomic E-state index is 0.209. The van der Waals surface area contributed by atoms with Crippen LogP contribution in [0.3, 0.4) is 0 Å². The molecule has 1 aromatic heterocycles. The Hall–Kier alpha value is -0.800. The maximum atomic E-state index is 9.65. The average Bonchev–Trinajstić information content (AvgIpc) is 2.66. The highest BCUT2D eigenvalue weighted by molar-refractivity contribution is 4.99. The molecule has 1 N–H and O–H groups in total. The number of aliphatic hydroxyl groups excluding tert-OH is 1. The van der Waals surface area contributed by atoms with E-state index in [1.807, 2.05) is 19.1 Å². The van der Waals surface area contributed by atoms with E-state index in [0.717, 1.165) is 18.6 Å². The highest BCUT2D eigenvalue weighted by Crippen LogP contribution is 2.10. The Morgan fingerprint density at radius 3 is 2.86 bits per heavy atom. The molecule has 0 aromatic carbocycles. The van der Waals surface area contributed by atoms with Crippen molar-refractivity contribution in [2.24, 2.45) is 0 Å². The third kappa shape index (κ3) is 3.94. The second kappa shape index (κ2) is 5.83. The van der Waals surface area contributed by atoms with Crippen LogP contribution in [0.25, 0.3) is 0 Å². The highest BCUT2D eigenvalue weighted by atomic mass is 16.5. The molecule has 3 heteroatoms. The van der Waals surface area contributed by atoms with E-state index in [9.17, 15) is 5.11 Å². The van der Waals surface area contributed by atoms with Crippen LogP contribution in [0, 0.1) is 0 Å². The van der Waals surface area contributed by atoms with E-state index in [1.165, 1.54) is 0 Å². The first-order valence-electron chi connectivity index (χ1n) is 4.95. The lowest BCUT2D eigenvalue weighted by atomic mass is 10.1. The van der Waals surface area contributed by atoms with Gasteiger partial charge < -0.3 is 14.3 Å². The molecule has 0 spiro atoms. The number of aliphatic hydroxyl groups is 1. The largest absolute Gasteiger partial charge is 0.469 e. The van der Waals surface area contributed by atoms with E-state index in [2.05, 4.69) is 0 Å². The van der Waals surface area contributed by atoms with Crippen LogP contribution >= 0.6 is 0 Å². The number of hydrogen-bond acceptors (Lipinski definition) is 3. The molecular formula is C11H18O3. The zero-order chi connectivity index (χ0) is 10.4. The minimum Gasteiger partial charge on any atom is -0.469 e. The maximum absolute atomic E-state index is 9.65. The number of ether oxygens (including phenoxy) is 1. The molecule has 0 fully saturated rings. The molecule has 0 saturated carbocycles. The van der Waals surface area contributed by atoms with Crippen molar-refractivity contribution in [1.29, 1.82) is 0 Å². The lowest BCUT2D eigenvalue weighted by Gasteiger charge is -2.12. The van der Waals surface area contributed by atoms with Gasteiger partial charge in [-0.1, -0.05) is 0 Å². The molecule has 14 heavy (non-hydrogen) atoms. The van der Waals surface area contributed by atoms with Gasteiger partial charge >= 0.3 is 0 Å². The van der Waals surface area contributed by atoms with Gasteiger partial charge in [-0.25, -0.2) is 0 Å². The molecule has 0 bridgehead atoms. The van der Waals surface area contributed by atoms with Crippen molar-refractivity contribution in [3.63, 3.8) is 0 Å². The minimum atomic E-state index is -0.334. The van der Waals surface area contributed by atoms with E-state index in [0.29, 0.717) is 6.42 Å². The van der Waals surface area contributed by atoms with Crippen molar-refractivity contribution >= 4 is 0 Å². The lowest BCUT2D eigenvalue weighted by Crippen LogP contribution is -2.14. The standard InChI is InChI=1S/C11H18O3/c1-9(13-2)5-6-10(12)8-11-4-3-7-14-11/h3-4,7,9-10,12H,5-6,8H2,1-2H3. The molecule has 0 aliphatic heterocycles. The van der Waals surface area contributed by atoms with Crippen LogP contribution in [0.2, 0.25) is 0 Å². The van der Waals surface area contributed by atoms with Gasteiger partial charge in [0.2, 0.25) is 0 Å². The predicted molar refractivity (Wildman–Crippen MR) is 54.1 cm³/mol. The molecule has 0 radical (unpaired) electrons. The van der Waals surface area contributed by atoms with E-state index in [-0.39, 0.29) is 12.2 Å². The Morgan fingerprint density at radius 1 is 1.50 bits per heavy atom. The summed E-state index contributed by atoms with van der Waals surface area (Å²) in [6, 6.07) is 3.71. The summed E-state index contributed by atoms with van der Waals surface area (Å²) in [5.74, 6) is 0.836. The summed E-state index contributed by atoms with van der Waals surface area (Å²) in [6.45, 7) is 2.00. The summed E-state index contributed by atoms with van der Waals surface area (Å²) in [6.07, 6.45) is 3.71. The summed E-state index contributed by atoms with van der Waals surface area (Å²) >= 11 is 0. The predicted octanol–water partition coefficient (Wildman–Crippen LogP) is 2.00. The molecule has 1 aromatic rings. The van der Waals surface area contributed by atoms with Crippen molar-refractivity contribution in [2.45, 2.75) is 38.4 Å². The quantitative estimate of drug-likeness (QED) is 0.760. The van der Waals surface area contributed by atoms with E-state index in [1.54, 1.807) is 13.4 Å². The molecule has 0 amide bonds. The summed E-state index contributed by atoms with van der Waals surface area (Å²) in [4.78, 5) is 0. The summed E-state index contributed by atoms with van der Waals surface area (Å²) in [5.41, 5.74) is 0. The van der Waals surface area contributed by atoms with Crippen molar-refractivity contribution in [2.75, 3.05) is 7.11 Å². The smallest absolute Gasteiger partial charge is 0.106 e. The average molecular weight is 198 g/mol. The molecule has 3 nitrogen and oxygen atoms in total. The van der Waals surface area contributed by atoms with Gasteiger partial charge in [0.15, 0.2) is 0 Å². The molecule has 2 unspecified atom stereocenters. The van der Waals surface area contributed by atoms with Crippen LogP contribution in [0.15, 0.2) is 22.8 Å². The van der Waals surface area contributed by atoms with Gasteiger partial charge in [0.1, 0.15) is 5.76 Å². The zero-order valence-corrected chi connectivity index (χ0v) is 8.77. The van der Waals surface area contributed by atoms with Gasteiger partial charge in [0.25, 0.3) is 0 Å². The van der Waals surface area contributed by atoms with Gasteiger partial charge in [0.05, 0.1) is 18.5 Å². The second-order valence-electron chi connectivity index (χ2n) is 3.56.